The highest BCUT2D eigenvalue weighted by atomic mass is 32.2. The Labute approximate surface area is 179 Å². The van der Waals surface area contributed by atoms with E-state index in [1.807, 2.05) is 24.3 Å². The minimum absolute atomic E-state index is 0.0896. The molecule has 1 heterocycles. The summed E-state index contributed by atoms with van der Waals surface area (Å²) < 4.78 is 6.02. The van der Waals surface area contributed by atoms with Crippen molar-refractivity contribution in [2.75, 3.05) is 17.7 Å². The van der Waals surface area contributed by atoms with Crippen molar-refractivity contribution in [2.45, 2.75) is 19.8 Å². The molecule has 8 heteroatoms. The summed E-state index contributed by atoms with van der Waals surface area (Å²) in [6, 6.07) is 14.8. The van der Waals surface area contributed by atoms with Crippen LogP contribution in [0.25, 0.3) is 0 Å². The van der Waals surface area contributed by atoms with Crippen molar-refractivity contribution in [1.29, 1.82) is 0 Å². The van der Waals surface area contributed by atoms with Gasteiger partial charge in [-0.05, 0) is 47.4 Å². The maximum atomic E-state index is 12.2. The minimum atomic E-state index is -0.220. The second-order valence-electron chi connectivity index (χ2n) is 6.65. The van der Waals surface area contributed by atoms with Gasteiger partial charge in [0.15, 0.2) is 10.9 Å². The third-order valence-electron chi connectivity index (χ3n) is 4.16. The molecule has 1 saturated heterocycles. The van der Waals surface area contributed by atoms with Gasteiger partial charge in [-0.3, -0.25) is 9.59 Å². The third-order valence-corrected chi connectivity index (χ3v) is 5.50. The Morgan fingerprint density at radius 1 is 1.28 bits per heavy atom. The van der Waals surface area contributed by atoms with Crippen molar-refractivity contribution in [3.63, 3.8) is 0 Å². The first kappa shape index (κ1) is 21.0. The molecule has 1 aliphatic rings. The summed E-state index contributed by atoms with van der Waals surface area (Å²) in [5.74, 6) is 0.860. The first-order valence-electron chi connectivity index (χ1n) is 9.09. The molecule has 150 valence electrons. The Balaban J connectivity index is 1.53. The van der Waals surface area contributed by atoms with Gasteiger partial charge in [0.2, 0.25) is 0 Å². The molecule has 0 spiro atoms. The molecule has 0 saturated carbocycles. The predicted molar refractivity (Wildman–Crippen MR) is 121 cm³/mol. The van der Waals surface area contributed by atoms with Gasteiger partial charge in [-0.25, -0.2) is 0 Å². The number of amides is 2. The Hall–Kier alpha value is -2.71. The average Bonchev–Trinajstić information content (AvgIpc) is 3.03. The highest BCUT2D eigenvalue weighted by molar-refractivity contribution is 8.23. The number of thioether (sulfide) groups is 1. The molecule has 0 aliphatic carbocycles. The zero-order valence-corrected chi connectivity index (χ0v) is 17.8. The molecule has 0 unspecified atom stereocenters. The molecule has 29 heavy (non-hydrogen) atoms. The normalized spacial score (nSPS) is 14.1. The quantitative estimate of drug-likeness (QED) is 0.534. The van der Waals surface area contributed by atoms with Crippen LogP contribution in [0, 0.1) is 0 Å². The van der Waals surface area contributed by atoms with Crippen LogP contribution in [-0.4, -0.2) is 39.7 Å². The maximum Gasteiger partial charge on any atom is 0.262 e. The molecule has 0 aromatic heterocycles. The summed E-state index contributed by atoms with van der Waals surface area (Å²) in [5.41, 5.74) is 2.68. The molecule has 2 amide bonds. The molecule has 0 bridgehead atoms. The number of hydrogen-bond donors (Lipinski definition) is 1. The number of para-hydroxylation sites is 1. The standard InChI is InChI=1S/C21H21N3O3S2/c1-14(2)17-5-3-4-6-18(17)23-19(25)12-27-16-9-7-15(8-10-16)11-22-24-20(26)13-29-21(24)28/h3-11,14H,12-13H2,1-2H3,(H,23,25)/b22-11+. The van der Waals surface area contributed by atoms with Gasteiger partial charge in [-0.2, -0.15) is 10.1 Å². The molecular formula is C21H21N3O3S2. The molecule has 0 atom stereocenters. The molecular weight excluding hydrogens is 406 g/mol. The summed E-state index contributed by atoms with van der Waals surface area (Å²) in [5, 5.41) is 8.24. The summed E-state index contributed by atoms with van der Waals surface area (Å²) >= 11 is 6.38. The first-order valence-corrected chi connectivity index (χ1v) is 10.5. The molecule has 6 nitrogen and oxygen atoms in total. The highest BCUT2D eigenvalue weighted by Gasteiger charge is 2.25. The number of thiocarbonyl (C=S) groups is 1. The number of carbonyl (C=O) groups is 2. The van der Waals surface area contributed by atoms with Crippen LogP contribution < -0.4 is 10.1 Å². The number of hydrogen-bond acceptors (Lipinski definition) is 6. The molecule has 1 aliphatic heterocycles. The van der Waals surface area contributed by atoms with Crippen LogP contribution in [0.3, 0.4) is 0 Å². The lowest BCUT2D eigenvalue weighted by Gasteiger charge is -2.14. The fourth-order valence-corrected chi connectivity index (χ4v) is 3.65. The summed E-state index contributed by atoms with van der Waals surface area (Å²) in [4.78, 5) is 23.9. The van der Waals surface area contributed by atoms with Crippen molar-refractivity contribution in [3.05, 3.63) is 59.7 Å². The van der Waals surface area contributed by atoms with Gasteiger partial charge in [-0.15, -0.1) is 0 Å². The number of nitrogens with zero attached hydrogens (tertiary/aromatic N) is 2. The Morgan fingerprint density at radius 3 is 2.66 bits per heavy atom. The highest BCUT2D eigenvalue weighted by Crippen LogP contribution is 2.23. The van der Waals surface area contributed by atoms with Gasteiger partial charge in [0, 0.05) is 5.69 Å². The van der Waals surface area contributed by atoms with E-state index in [1.165, 1.54) is 16.8 Å². The third kappa shape index (κ3) is 5.65. The van der Waals surface area contributed by atoms with Gasteiger partial charge in [-0.1, -0.05) is 56.0 Å². The number of hydrazone groups is 1. The van der Waals surface area contributed by atoms with E-state index in [0.29, 0.717) is 21.7 Å². The average molecular weight is 428 g/mol. The Kier molecular flexibility index (Phi) is 7.00. The van der Waals surface area contributed by atoms with Crippen LogP contribution in [0.15, 0.2) is 53.6 Å². The number of carbonyl (C=O) groups excluding carboxylic acids is 2. The van der Waals surface area contributed by atoms with E-state index in [1.54, 1.807) is 30.5 Å². The van der Waals surface area contributed by atoms with Crippen LogP contribution in [0.4, 0.5) is 5.69 Å². The molecule has 2 aromatic carbocycles. The second kappa shape index (κ2) is 9.67. The van der Waals surface area contributed by atoms with E-state index >= 15 is 0 Å². The zero-order valence-electron chi connectivity index (χ0n) is 16.1. The van der Waals surface area contributed by atoms with Crippen LogP contribution in [0.1, 0.15) is 30.9 Å². The van der Waals surface area contributed by atoms with Crippen LogP contribution in [0.2, 0.25) is 0 Å². The second-order valence-corrected chi connectivity index (χ2v) is 8.26. The molecule has 1 N–H and O–H groups in total. The molecule has 2 aromatic rings. The predicted octanol–water partition coefficient (Wildman–Crippen LogP) is 4.02. The van der Waals surface area contributed by atoms with Gasteiger partial charge >= 0.3 is 0 Å². The smallest absolute Gasteiger partial charge is 0.262 e. The van der Waals surface area contributed by atoms with E-state index in [2.05, 4.69) is 24.3 Å². The SMILES string of the molecule is CC(C)c1ccccc1NC(=O)COc1ccc(/C=N/N2C(=O)CSC2=S)cc1. The minimum Gasteiger partial charge on any atom is -0.484 e. The largest absolute Gasteiger partial charge is 0.484 e. The van der Waals surface area contributed by atoms with E-state index in [0.717, 1.165) is 16.8 Å². The van der Waals surface area contributed by atoms with Gasteiger partial charge in [0.25, 0.3) is 11.8 Å². The van der Waals surface area contributed by atoms with Crippen molar-refractivity contribution in [3.8, 4) is 5.75 Å². The zero-order chi connectivity index (χ0) is 20.8. The summed E-state index contributed by atoms with van der Waals surface area (Å²) in [6.07, 6.45) is 1.56. The maximum absolute atomic E-state index is 12.2. The summed E-state index contributed by atoms with van der Waals surface area (Å²) in [6.45, 7) is 4.07. The lowest BCUT2D eigenvalue weighted by molar-refractivity contribution is -0.124. The number of benzene rings is 2. The first-order chi connectivity index (χ1) is 13.9. The van der Waals surface area contributed by atoms with Crippen molar-refractivity contribution in [1.82, 2.24) is 5.01 Å². The van der Waals surface area contributed by atoms with Crippen molar-refractivity contribution in [2.24, 2.45) is 5.10 Å². The van der Waals surface area contributed by atoms with E-state index < -0.39 is 0 Å². The van der Waals surface area contributed by atoms with Crippen molar-refractivity contribution >= 4 is 52.0 Å². The van der Waals surface area contributed by atoms with Crippen LogP contribution in [-0.2, 0) is 9.59 Å². The molecule has 1 fully saturated rings. The van der Waals surface area contributed by atoms with E-state index in [-0.39, 0.29) is 18.4 Å². The Morgan fingerprint density at radius 2 is 2.00 bits per heavy atom. The topological polar surface area (TPSA) is 71.0 Å². The van der Waals surface area contributed by atoms with Crippen LogP contribution in [0.5, 0.6) is 5.75 Å². The number of nitrogens with one attached hydrogen (secondary N) is 1. The fourth-order valence-electron chi connectivity index (χ4n) is 2.68. The lowest BCUT2D eigenvalue weighted by Crippen LogP contribution is -2.22. The van der Waals surface area contributed by atoms with Gasteiger partial charge < -0.3 is 10.1 Å². The fraction of sp³-hybridized carbons (Fsp3) is 0.238. The van der Waals surface area contributed by atoms with Gasteiger partial charge in [0.1, 0.15) is 5.75 Å². The molecule has 3 rings (SSSR count). The number of anilines is 1. The van der Waals surface area contributed by atoms with Crippen molar-refractivity contribution < 1.29 is 14.3 Å². The number of ether oxygens (including phenoxy) is 1. The number of rotatable bonds is 7. The van der Waals surface area contributed by atoms with E-state index in [4.69, 9.17) is 17.0 Å². The Bertz CT molecular complexity index is 926. The lowest BCUT2D eigenvalue weighted by atomic mass is 10.0. The van der Waals surface area contributed by atoms with Crippen LogP contribution >= 0.6 is 24.0 Å². The monoisotopic (exact) mass is 427 g/mol. The summed E-state index contributed by atoms with van der Waals surface area (Å²) in [7, 11) is 0. The molecule has 0 radical (unpaired) electrons. The van der Waals surface area contributed by atoms with E-state index in [9.17, 15) is 9.59 Å². The van der Waals surface area contributed by atoms with Gasteiger partial charge in [0.05, 0.1) is 12.0 Å².